The molecule has 6 rings (SSSR count). The maximum Gasteiger partial charge on any atom is 0.251 e. The minimum Gasteiger partial charge on any atom is -0.480 e. The van der Waals surface area contributed by atoms with Crippen molar-refractivity contribution in [2.75, 3.05) is 13.6 Å². The topological polar surface area (TPSA) is 76.4 Å². The van der Waals surface area contributed by atoms with Crippen molar-refractivity contribution >= 4 is 17.5 Å². The van der Waals surface area contributed by atoms with Gasteiger partial charge < -0.3 is 21.1 Å². The van der Waals surface area contributed by atoms with Crippen LogP contribution in [0.25, 0.3) is 11.1 Å². The largest absolute Gasteiger partial charge is 0.480 e. The van der Waals surface area contributed by atoms with Crippen LogP contribution in [0.1, 0.15) is 57.9 Å². The van der Waals surface area contributed by atoms with Crippen LogP contribution in [-0.2, 0) is 18.4 Å². The zero-order valence-electron chi connectivity index (χ0n) is 20.5. The van der Waals surface area contributed by atoms with Crippen molar-refractivity contribution in [2.24, 2.45) is 5.73 Å². The van der Waals surface area contributed by atoms with Crippen LogP contribution in [0, 0.1) is 11.6 Å². The predicted octanol–water partition coefficient (Wildman–Crippen LogP) is 5.17. The Morgan fingerprint density at radius 2 is 1.95 bits per heavy atom. The quantitative estimate of drug-likeness (QED) is 0.441. The van der Waals surface area contributed by atoms with Crippen molar-refractivity contribution in [3.05, 3.63) is 86.9 Å². The summed E-state index contributed by atoms with van der Waals surface area (Å²) in [5.74, 6) is -1.47. The number of fused-ring (bicyclic) bond motifs is 2. The summed E-state index contributed by atoms with van der Waals surface area (Å²) in [7, 11) is 1.48. The Labute approximate surface area is 219 Å². The zero-order chi connectivity index (χ0) is 25.9. The molecule has 0 aromatic heterocycles. The number of benzene rings is 3. The fraction of sp³-hybridized carbons (Fsp3) is 0.345. The van der Waals surface area contributed by atoms with Gasteiger partial charge in [0.15, 0.2) is 5.60 Å². The van der Waals surface area contributed by atoms with Gasteiger partial charge in [0.1, 0.15) is 17.4 Å². The second-order valence-electron chi connectivity index (χ2n) is 10.1. The minimum absolute atomic E-state index is 0.000192. The molecule has 1 unspecified atom stereocenters. The summed E-state index contributed by atoms with van der Waals surface area (Å²) in [6.07, 6.45) is 3.23. The maximum atomic E-state index is 16.3. The number of hydrogen-bond donors (Lipinski definition) is 3. The molecule has 37 heavy (non-hydrogen) atoms. The maximum absolute atomic E-state index is 16.3. The monoisotopic (exact) mass is 523 g/mol. The number of hydrogen-bond acceptors (Lipinski definition) is 4. The van der Waals surface area contributed by atoms with Gasteiger partial charge in [-0.05, 0) is 55.0 Å². The Hall–Kier alpha value is -3.00. The van der Waals surface area contributed by atoms with E-state index in [-0.39, 0.29) is 33.8 Å². The Bertz CT molecular complexity index is 1410. The first kappa shape index (κ1) is 24.3. The molecule has 1 amide bonds. The first-order valence-corrected chi connectivity index (χ1v) is 13.1. The van der Waals surface area contributed by atoms with Gasteiger partial charge in [0, 0.05) is 42.3 Å². The van der Waals surface area contributed by atoms with Crippen molar-refractivity contribution in [3.63, 3.8) is 0 Å². The highest BCUT2D eigenvalue weighted by molar-refractivity contribution is 6.34. The molecular formula is C29H28ClF2N3O2. The van der Waals surface area contributed by atoms with Crippen LogP contribution < -0.4 is 21.1 Å². The van der Waals surface area contributed by atoms with Crippen LogP contribution in [0.2, 0.25) is 5.02 Å². The highest BCUT2D eigenvalue weighted by Gasteiger charge is 2.50. The SMILES string of the molecule is CNC(=O)c1cc2c(c(F)c1-c1c(Cl)c(F)cc3c1C[C@](c1ccccc1)([C@@H]1CCCN1)O3)CCC2N. The number of nitrogens with two attached hydrogens (primary N) is 1. The van der Waals surface area contributed by atoms with Gasteiger partial charge in [0.2, 0.25) is 0 Å². The van der Waals surface area contributed by atoms with Gasteiger partial charge in [-0.25, -0.2) is 8.78 Å². The molecule has 3 atom stereocenters. The molecule has 0 saturated carbocycles. The van der Waals surface area contributed by atoms with Crippen LogP contribution in [0.4, 0.5) is 8.78 Å². The molecule has 3 aliphatic rings. The highest BCUT2D eigenvalue weighted by atomic mass is 35.5. The van der Waals surface area contributed by atoms with Gasteiger partial charge >= 0.3 is 0 Å². The average Bonchev–Trinajstić information content (AvgIpc) is 3.65. The van der Waals surface area contributed by atoms with Gasteiger partial charge in [-0.3, -0.25) is 4.79 Å². The molecule has 2 aliphatic heterocycles. The number of halogens is 3. The molecule has 0 spiro atoms. The van der Waals surface area contributed by atoms with Gasteiger partial charge in [0.05, 0.1) is 16.6 Å². The zero-order valence-corrected chi connectivity index (χ0v) is 21.2. The van der Waals surface area contributed by atoms with E-state index in [0.717, 1.165) is 24.9 Å². The summed E-state index contributed by atoms with van der Waals surface area (Å²) in [4.78, 5) is 13.0. The van der Waals surface area contributed by atoms with Crippen LogP contribution in [0.3, 0.4) is 0 Å². The summed E-state index contributed by atoms with van der Waals surface area (Å²) in [5.41, 5.74) is 8.25. The second kappa shape index (κ2) is 9.08. The summed E-state index contributed by atoms with van der Waals surface area (Å²) >= 11 is 6.61. The third kappa shape index (κ3) is 3.67. The van der Waals surface area contributed by atoms with Crippen LogP contribution in [0.5, 0.6) is 5.75 Å². The molecule has 1 aliphatic carbocycles. The van der Waals surface area contributed by atoms with Gasteiger partial charge in [0.25, 0.3) is 5.91 Å². The average molecular weight is 524 g/mol. The normalized spacial score (nSPS) is 24.0. The summed E-state index contributed by atoms with van der Waals surface area (Å²) < 4.78 is 38.3. The minimum atomic E-state index is -0.825. The van der Waals surface area contributed by atoms with E-state index in [9.17, 15) is 4.79 Å². The molecule has 5 nitrogen and oxygen atoms in total. The van der Waals surface area contributed by atoms with E-state index in [2.05, 4.69) is 10.6 Å². The summed E-state index contributed by atoms with van der Waals surface area (Å²) in [6, 6.07) is 12.3. The number of carbonyl (C=O) groups is 1. The molecular weight excluding hydrogens is 496 g/mol. The van der Waals surface area contributed by atoms with E-state index in [4.69, 9.17) is 22.1 Å². The molecule has 2 heterocycles. The molecule has 1 fully saturated rings. The first-order valence-electron chi connectivity index (χ1n) is 12.7. The number of rotatable bonds is 4. The Kier molecular flexibility index (Phi) is 5.97. The number of amides is 1. The second-order valence-corrected chi connectivity index (χ2v) is 10.5. The Morgan fingerprint density at radius 3 is 2.65 bits per heavy atom. The first-order chi connectivity index (χ1) is 17.9. The molecule has 4 N–H and O–H groups in total. The van der Waals surface area contributed by atoms with Gasteiger partial charge in [-0.1, -0.05) is 41.9 Å². The van der Waals surface area contributed by atoms with E-state index < -0.39 is 23.1 Å². The lowest BCUT2D eigenvalue weighted by atomic mass is 9.80. The van der Waals surface area contributed by atoms with Crippen LogP contribution in [0.15, 0.2) is 42.5 Å². The highest BCUT2D eigenvalue weighted by Crippen LogP contribution is 2.53. The van der Waals surface area contributed by atoms with Crippen molar-refractivity contribution in [1.29, 1.82) is 0 Å². The van der Waals surface area contributed by atoms with E-state index in [0.29, 0.717) is 41.7 Å². The van der Waals surface area contributed by atoms with Crippen LogP contribution in [-0.4, -0.2) is 25.5 Å². The lowest BCUT2D eigenvalue weighted by Crippen LogP contribution is -2.48. The standard InChI is InChI=1S/C29H28ClF2N3O2/c1-34-28(36)18-12-17-16(9-10-21(17)33)27(32)25(18)24-19-14-29(23-8-5-11-35-23,15-6-3-2-4-7-15)37-22(19)13-20(31)26(24)30/h2-4,6-7,12-13,21,23,35H,5,8-11,14,33H2,1H3,(H,34,36)/t21?,23-,29-/m0/s1. The lowest BCUT2D eigenvalue weighted by Gasteiger charge is -2.35. The van der Waals surface area contributed by atoms with Crippen molar-refractivity contribution in [2.45, 2.75) is 49.8 Å². The van der Waals surface area contributed by atoms with E-state index >= 15 is 8.78 Å². The third-order valence-corrected chi connectivity index (χ3v) is 8.50. The Morgan fingerprint density at radius 1 is 1.16 bits per heavy atom. The fourth-order valence-corrected chi connectivity index (χ4v) is 6.59. The lowest BCUT2D eigenvalue weighted by molar-refractivity contribution is 0.0539. The molecule has 0 bridgehead atoms. The van der Waals surface area contributed by atoms with Gasteiger partial charge in [-0.15, -0.1) is 0 Å². The van der Waals surface area contributed by atoms with E-state index in [1.807, 2.05) is 30.3 Å². The third-order valence-electron chi connectivity index (χ3n) is 8.13. The van der Waals surface area contributed by atoms with E-state index in [1.165, 1.54) is 13.1 Å². The number of carbonyl (C=O) groups excluding carboxylic acids is 1. The fourth-order valence-electron chi connectivity index (χ4n) is 6.33. The molecule has 192 valence electrons. The molecule has 3 aromatic rings. The van der Waals surface area contributed by atoms with Crippen molar-refractivity contribution < 1.29 is 18.3 Å². The van der Waals surface area contributed by atoms with Crippen molar-refractivity contribution in [1.82, 2.24) is 10.6 Å². The predicted molar refractivity (Wildman–Crippen MR) is 139 cm³/mol. The van der Waals surface area contributed by atoms with E-state index in [1.54, 1.807) is 6.07 Å². The molecule has 8 heteroatoms. The smallest absolute Gasteiger partial charge is 0.251 e. The van der Waals surface area contributed by atoms with Crippen LogP contribution >= 0.6 is 11.6 Å². The molecule has 1 saturated heterocycles. The molecule has 0 radical (unpaired) electrons. The number of nitrogens with one attached hydrogen (secondary N) is 2. The molecule has 3 aromatic carbocycles. The summed E-state index contributed by atoms with van der Waals surface area (Å²) in [6.45, 7) is 0.849. The van der Waals surface area contributed by atoms with Crippen molar-refractivity contribution in [3.8, 4) is 16.9 Å². The Balaban J connectivity index is 1.61. The summed E-state index contributed by atoms with van der Waals surface area (Å²) in [5, 5.41) is 5.91. The van der Waals surface area contributed by atoms with Gasteiger partial charge in [-0.2, -0.15) is 0 Å². The number of ether oxygens (including phenoxy) is 1.